The minimum atomic E-state index is 0.0148. The van der Waals surface area contributed by atoms with Gasteiger partial charge in [0.25, 0.3) is 0 Å². The Kier molecular flexibility index (Phi) is 4.43. The molecule has 0 aliphatic heterocycles. The molecular formula is C18H18N2S. The molecule has 3 rings (SSSR count). The number of thiazole rings is 1. The number of hydrogen-bond donors (Lipinski definition) is 1. The quantitative estimate of drug-likeness (QED) is 0.776. The lowest BCUT2D eigenvalue weighted by Crippen LogP contribution is -2.31. The Morgan fingerprint density at radius 2 is 1.48 bits per heavy atom. The first-order chi connectivity index (χ1) is 10.3. The van der Waals surface area contributed by atoms with Gasteiger partial charge in [-0.15, -0.1) is 11.3 Å². The number of aromatic nitrogens is 1. The monoisotopic (exact) mass is 294 g/mol. The lowest BCUT2D eigenvalue weighted by atomic mass is 9.84. The van der Waals surface area contributed by atoms with Crippen molar-refractivity contribution in [3.63, 3.8) is 0 Å². The van der Waals surface area contributed by atoms with Crippen LogP contribution in [0.3, 0.4) is 0 Å². The van der Waals surface area contributed by atoms with E-state index in [9.17, 15) is 0 Å². The molecule has 3 aromatic rings. The van der Waals surface area contributed by atoms with Crippen LogP contribution in [0.2, 0.25) is 0 Å². The lowest BCUT2D eigenvalue weighted by Gasteiger charge is -2.24. The summed E-state index contributed by atoms with van der Waals surface area (Å²) in [5.74, 6) is 0.191. The van der Waals surface area contributed by atoms with E-state index in [2.05, 4.69) is 53.5 Å². The molecule has 0 spiro atoms. The minimum absolute atomic E-state index is 0.0148. The van der Waals surface area contributed by atoms with Gasteiger partial charge in [0.2, 0.25) is 0 Å². The highest BCUT2D eigenvalue weighted by molar-refractivity contribution is 7.09. The van der Waals surface area contributed by atoms with Gasteiger partial charge in [0.15, 0.2) is 0 Å². The van der Waals surface area contributed by atoms with Crippen LogP contribution in [-0.4, -0.2) is 11.0 Å². The number of rotatable bonds is 5. The van der Waals surface area contributed by atoms with Gasteiger partial charge in [-0.2, -0.15) is 0 Å². The molecule has 1 aromatic heterocycles. The first-order valence-electron chi connectivity index (χ1n) is 7.08. The number of nitrogens with zero attached hydrogens (tertiary/aromatic N) is 1. The summed E-state index contributed by atoms with van der Waals surface area (Å²) >= 11 is 1.67. The van der Waals surface area contributed by atoms with Crippen LogP contribution < -0.4 is 5.73 Å². The Morgan fingerprint density at radius 1 is 0.905 bits per heavy atom. The van der Waals surface area contributed by atoms with Gasteiger partial charge in [-0.25, -0.2) is 4.98 Å². The van der Waals surface area contributed by atoms with E-state index in [1.54, 1.807) is 11.3 Å². The minimum Gasteiger partial charge on any atom is -0.326 e. The largest absolute Gasteiger partial charge is 0.326 e. The standard InChI is InChI=1S/C18H18N2S/c19-16(13-17-20-11-12-21-17)18(14-7-3-1-4-8-14)15-9-5-2-6-10-15/h1-12,16,18H,13,19H2. The van der Waals surface area contributed by atoms with E-state index in [-0.39, 0.29) is 12.0 Å². The molecular weight excluding hydrogens is 276 g/mol. The van der Waals surface area contributed by atoms with Crippen molar-refractivity contribution in [1.82, 2.24) is 4.98 Å². The maximum Gasteiger partial charge on any atom is 0.0940 e. The van der Waals surface area contributed by atoms with Crippen LogP contribution in [0.15, 0.2) is 72.2 Å². The summed E-state index contributed by atoms with van der Waals surface area (Å²) in [6.45, 7) is 0. The summed E-state index contributed by atoms with van der Waals surface area (Å²) in [5.41, 5.74) is 9.05. The van der Waals surface area contributed by atoms with Gasteiger partial charge in [0, 0.05) is 30.0 Å². The highest BCUT2D eigenvalue weighted by atomic mass is 32.1. The van der Waals surface area contributed by atoms with Crippen molar-refractivity contribution in [2.24, 2.45) is 5.73 Å². The van der Waals surface area contributed by atoms with Crippen LogP contribution in [0.25, 0.3) is 0 Å². The normalized spacial score (nSPS) is 12.5. The van der Waals surface area contributed by atoms with Crippen molar-refractivity contribution in [3.8, 4) is 0 Å². The van der Waals surface area contributed by atoms with Crippen LogP contribution in [0.5, 0.6) is 0 Å². The van der Waals surface area contributed by atoms with Crippen molar-refractivity contribution in [1.29, 1.82) is 0 Å². The van der Waals surface area contributed by atoms with E-state index >= 15 is 0 Å². The summed E-state index contributed by atoms with van der Waals surface area (Å²) in [4.78, 5) is 4.36. The van der Waals surface area contributed by atoms with Crippen LogP contribution >= 0.6 is 11.3 Å². The molecule has 2 aromatic carbocycles. The summed E-state index contributed by atoms with van der Waals surface area (Å²) in [6, 6.07) is 21.0. The van der Waals surface area contributed by atoms with E-state index in [1.807, 2.05) is 23.7 Å². The summed E-state index contributed by atoms with van der Waals surface area (Å²) in [5, 5.41) is 3.10. The summed E-state index contributed by atoms with van der Waals surface area (Å²) in [6.07, 6.45) is 2.64. The fraction of sp³-hybridized carbons (Fsp3) is 0.167. The lowest BCUT2D eigenvalue weighted by molar-refractivity contribution is 0.589. The number of hydrogen-bond acceptors (Lipinski definition) is 3. The molecule has 0 fully saturated rings. The molecule has 2 N–H and O–H groups in total. The first-order valence-corrected chi connectivity index (χ1v) is 7.96. The maximum atomic E-state index is 6.54. The second kappa shape index (κ2) is 6.66. The number of nitrogens with two attached hydrogens (primary N) is 1. The van der Waals surface area contributed by atoms with Crippen LogP contribution in [0, 0.1) is 0 Å². The second-order valence-electron chi connectivity index (χ2n) is 5.09. The van der Waals surface area contributed by atoms with Crippen molar-refractivity contribution in [2.45, 2.75) is 18.4 Å². The van der Waals surface area contributed by atoms with Gasteiger partial charge in [0.05, 0.1) is 5.01 Å². The molecule has 0 aliphatic carbocycles. The van der Waals surface area contributed by atoms with Gasteiger partial charge >= 0.3 is 0 Å². The maximum absolute atomic E-state index is 6.54. The third-order valence-electron chi connectivity index (χ3n) is 3.64. The molecule has 2 nitrogen and oxygen atoms in total. The summed E-state index contributed by atoms with van der Waals surface area (Å²) < 4.78 is 0. The third-order valence-corrected chi connectivity index (χ3v) is 4.44. The zero-order chi connectivity index (χ0) is 14.5. The second-order valence-corrected chi connectivity index (χ2v) is 6.07. The Hall–Kier alpha value is -1.97. The van der Waals surface area contributed by atoms with Crippen LogP contribution in [0.1, 0.15) is 22.1 Å². The predicted octanol–water partition coefficient (Wildman–Crippen LogP) is 3.85. The Bertz CT molecular complexity index is 611. The van der Waals surface area contributed by atoms with E-state index in [4.69, 9.17) is 5.73 Å². The van der Waals surface area contributed by atoms with Crippen molar-refractivity contribution in [3.05, 3.63) is 88.4 Å². The topological polar surface area (TPSA) is 38.9 Å². The summed E-state index contributed by atoms with van der Waals surface area (Å²) in [7, 11) is 0. The zero-order valence-corrected chi connectivity index (χ0v) is 12.5. The average Bonchev–Trinajstić information content (AvgIpc) is 3.02. The van der Waals surface area contributed by atoms with E-state index in [1.165, 1.54) is 11.1 Å². The third kappa shape index (κ3) is 3.38. The Balaban J connectivity index is 1.92. The molecule has 1 heterocycles. The first kappa shape index (κ1) is 14.0. The SMILES string of the molecule is NC(Cc1nccs1)C(c1ccccc1)c1ccccc1. The molecule has 106 valence electrons. The van der Waals surface area contributed by atoms with E-state index in [0.29, 0.717) is 0 Å². The fourth-order valence-corrected chi connectivity index (χ4v) is 3.37. The van der Waals surface area contributed by atoms with Crippen molar-refractivity contribution >= 4 is 11.3 Å². The molecule has 0 saturated heterocycles. The molecule has 1 atom stereocenters. The number of benzene rings is 2. The van der Waals surface area contributed by atoms with Gasteiger partial charge < -0.3 is 5.73 Å². The molecule has 0 radical (unpaired) electrons. The molecule has 0 saturated carbocycles. The fourth-order valence-electron chi connectivity index (χ4n) is 2.68. The zero-order valence-electron chi connectivity index (χ0n) is 11.7. The average molecular weight is 294 g/mol. The molecule has 1 unspecified atom stereocenters. The van der Waals surface area contributed by atoms with Crippen LogP contribution in [-0.2, 0) is 6.42 Å². The van der Waals surface area contributed by atoms with Gasteiger partial charge in [-0.05, 0) is 11.1 Å². The van der Waals surface area contributed by atoms with Gasteiger partial charge in [0.1, 0.15) is 0 Å². The molecule has 3 heteroatoms. The molecule has 0 amide bonds. The highest BCUT2D eigenvalue weighted by Crippen LogP contribution is 2.28. The predicted molar refractivity (Wildman–Crippen MR) is 88.5 cm³/mol. The Labute approximate surface area is 129 Å². The van der Waals surface area contributed by atoms with E-state index < -0.39 is 0 Å². The van der Waals surface area contributed by atoms with Crippen molar-refractivity contribution < 1.29 is 0 Å². The molecule has 0 aliphatic rings. The van der Waals surface area contributed by atoms with Crippen molar-refractivity contribution in [2.75, 3.05) is 0 Å². The smallest absolute Gasteiger partial charge is 0.0940 e. The van der Waals surface area contributed by atoms with Crippen LogP contribution in [0.4, 0.5) is 0 Å². The Morgan fingerprint density at radius 3 is 1.95 bits per heavy atom. The molecule has 21 heavy (non-hydrogen) atoms. The van der Waals surface area contributed by atoms with E-state index in [0.717, 1.165) is 11.4 Å². The highest BCUT2D eigenvalue weighted by Gasteiger charge is 2.22. The van der Waals surface area contributed by atoms with Gasteiger partial charge in [-0.1, -0.05) is 60.7 Å². The molecule has 0 bridgehead atoms. The van der Waals surface area contributed by atoms with Gasteiger partial charge in [-0.3, -0.25) is 0 Å².